The smallest absolute Gasteiger partial charge is 0.0595 e. The van der Waals surface area contributed by atoms with Gasteiger partial charge in [-0.15, -0.1) is 11.3 Å². The fourth-order valence-electron chi connectivity index (χ4n) is 2.33. The summed E-state index contributed by atoms with van der Waals surface area (Å²) in [4.78, 5) is 0. The summed E-state index contributed by atoms with van der Waals surface area (Å²) in [5.41, 5.74) is 2.48. The molecule has 3 rings (SSSR count). The number of thiophene rings is 1. The van der Waals surface area contributed by atoms with Crippen LogP contribution >= 0.6 is 34.5 Å². The van der Waals surface area contributed by atoms with Gasteiger partial charge < -0.3 is 5.32 Å². The van der Waals surface area contributed by atoms with Gasteiger partial charge in [-0.1, -0.05) is 47.5 Å². The van der Waals surface area contributed by atoms with E-state index in [2.05, 4.69) is 41.9 Å². The predicted molar refractivity (Wildman–Crippen MR) is 93.5 cm³/mol. The van der Waals surface area contributed by atoms with Crippen molar-refractivity contribution >= 4 is 44.6 Å². The molecule has 1 N–H and O–H groups in total. The van der Waals surface area contributed by atoms with Crippen molar-refractivity contribution in [2.24, 2.45) is 0 Å². The molecule has 108 valence electrons. The molecule has 0 amide bonds. The third-order valence-corrected chi connectivity index (χ3v) is 5.35. The first-order valence-corrected chi connectivity index (χ1v) is 8.42. The molecule has 0 aliphatic heterocycles. The molecule has 1 unspecified atom stereocenters. The van der Waals surface area contributed by atoms with Gasteiger partial charge >= 0.3 is 0 Å². The molecular formula is C17H15Cl2NS. The largest absolute Gasteiger partial charge is 0.306 e. The van der Waals surface area contributed by atoms with Crippen LogP contribution in [0.25, 0.3) is 10.1 Å². The van der Waals surface area contributed by atoms with Crippen molar-refractivity contribution in [1.82, 2.24) is 5.32 Å². The van der Waals surface area contributed by atoms with Gasteiger partial charge in [-0.25, -0.2) is 0 Å². The second-order valence-corrected chi connectivity index (χ2v) is 6.76. The first kappa shape index (κ1) is 14.9. The van der Waals surface area contributed by atoms with Crippen molar-refractivity contribution in [3.63, 3.8) is 0 Å². The predicted octanol–water partition coefficient (Wildman–Crippen LogP) is 6.06. The minimum Gasteiger partial charge on any atom is -0.306 e. The van der Waals surface area contributed by atoms with E-state index in [0.29, 0.717) is 10.0 Å². The van der Waals surface area contributed by atoms with Crippen molar-refractivity contribution in [2.75, 3.05) is 0 Å². The average Bonchev–Trinajstić information content (AvgIpc) is 2.91. The number of fused-ring (bicyclic) bond motifs is 1. The summed E-state index contributed by atoms with van der Waals surface area (Å²) >= 11 is 13.8. The van der Waals surface area contributed by atoms with Crippen molar-refractivity contribution in [3.8, 4) is 0 Å². The monoisotopic (exact) mass is 335 g/mol. The zero-order valence-electron chi connectivity index (χ0n) is 11.6. The number of benzene rings is 2. The molecule has 0 fully saturated rings. The lowest BCUT2D eigenvalue weighted by Gasteiger charge is -2.14. The molecule has 0 saturated heterocycles. The lowest BCUT2D eigenvalue weighted by Crippen LogP contribution is -2.17. The Kier molecular flexibility index (Phi) is 4.51. The minimum absolute atomic E-state index is 0.221. The molecule has 3 aromatic rings. The van der Waals surface area contributed by atoms with Gasteiger partial charge in [0.15, 0.2) is 0 Å². The van der Waals surface area contributed by atoms with Gasteiger partial charge in [-0.2, -0.15) is 0 Å². The Labute approximate surface area is 138 Å². The van der Waals surface area contributed by atoms with Gasteiger partial charge in [0, 0.05) is 17.3 Å². The van der Waals surface area contributed by atoms with E-state index in [-0.39, 0.29) is 6.04 Å². The van der Waals surface area contributed by atoms with Crippen molar-refractivity contribution in [1.29, 1.82) is 0 Å². The molecule has 0 saturated carbocycles. The zero-order valence-corrected chi connectivity index (χ0v) is 13.9. The molecule has 1 heterocycles. The quantitative estimate of drug-likeness (QED) is 0.611. The van der Waals surface area contributed by atoms with Crippen LogP contribution in [-0.4, -0.2) is 0 Å². The van der Waals surface area contributed by atoms with Gasteiger partial charge in [-0.3, -0.25) is 0 Å². The van der Waals surface area contributed by atoms with Crippen molar-refractivity contribution in [2.45, 2.75) is 19.5 Å². The normalized spacial score (nSPS) is 12.7. The SMILES string of the molecule is CC(NCc1csc2ccccc12)c1ccc(Cl)c(Cl)c1. The number of hydrogen-bond donors (Lipinski definition) is 1. The standard InChI is InChI=1S/C17H15Cl2NS/c1-11(12-6-7-15(18)16(19)8-12)20-9-13-10-21-17-5-3-2-4-14(13)17/h2-8,10-11,20H,9H2,1H3. The maximum atomic E-state index is 6.08. The van der Waals surface area contributed by atoms with Gasteiger partial charge in [-0.05, 0) is 47.0 Å². The number of rotatable bonds is 4. The van der Waals surface area contributed by atoms with E-state index < -0.39 is 0 Å². The van der Waals surface area contributed by atoms with Crippen molar-refractivity contribution in [3.05, 3.63) is 69.0 Å². The maximum Gasteiger partial charge on any atom is 0.0595 e. The van der Waals surface area contributed by atoms with Gasteiger partial charge in [0.1, 0.15) is 0 Å². The summed E-state index contributed by atoms with van der Waals surface area (Å²) in [6.45, 7) is 2.97. The first-order chi connectivity index (χ1) is 10.1. The average molecular weight is 336 g/mol. The summed E-state index contributed by atoms with van der Waals surface area (Å²) in [5, 5.41) is 8.29. The Hall–Kier alpha value is -1.06. The molecule has 4 heteroatoms. The molecule has 0 radical (unpaired) electrons. The van der Waals surface area contributed by atoms with Gasteiger partial charge in [0.05, 0.1) is 10.0 Å². The second kappa shape index (κ2) is 6.37. The van der Waals surface area contributed by atoms with E-state index >= 15 is 0 Å². The maximum absolute atomic E-state index is 6.08. The van der Waals surface area contributed by atoms with Gasteiger partial charge in [0.25, 0.3) is 0 Å². The van der Waals surface area contributed by atoms with E-state index in [1.807, 2.05) is 18.2 Å². The van der Waals surface area contributed by atoms with E-state index in [1.54, 1.807) is 11.3 Å². The fourth-order valence-corrected chi connectivity index (χ4v) is 3.60. The van der Waals surface area contributed by atoms with Gasteiger partial charge in [0.2, 0.25) is 0 Å². The lowest BCUT2D eigenvalue weighted by atomic mass is 10.1. The van der Waals surface area contributed by atoms with Crippen LogP contribution < -0.4 is 5.32 Å². The van der Waals surface area contributed by atoms with Crippen LogP contribution in [0.2, 0.25) is 10.0 Å². The summed E-state index contributed by atoms with van der Waals surface area (Å²) in [6, 6.07) is 14.5. The molecule has 21 heavy (non-hydrogen) atoms. The summed E-state index contributed by atoms with van der Waals surface area (Å²) in [7, 11) is 0. The number of hydrogen-bond acceptors (Lipinski definition) is 2. The first-order valence-electron chi connectivity index (χ1n) is 6.78. The van der Waals surface area contributed by atoms with Crippen LogP contribution in [0, 0.1) is 0 Å². The van der Waals surface area contributed by atoms with Crippen LogP contribution in [0.1, 0.15) is 24.1 Å². The molecule has 1 aromatic heterocycles. The highest BCUT2D eigenvalue weighted by molar-refractivity contribution is 7.17. The van der Waals surface area contributed by atoms with E-state index in [1.165, 1.54) is 15.6 Å². The third-order valence-electron chi connectivity index (χ3n) is 3.60. The van der Waals surface area contributed by atoms with E-state index in [0.717, 1.165) is 12.1 Å². The summed E-state index contributed by atoms with van der Waals surface area (Å²) < 4.78 is 1.33. The summed E-state index contributed by atoms with van der Waals surface area (Å²) in [5.74, 6) is 0. The number of halogens is 2. The van der Waals surface area contributed by atoms with Crippen LogP contribution in [0.3, 0.4) is 0 Å². The molecule has 0 aliphatic carbocycles. The Morgan fingerprint density at radius 3 is 2.71 bits per heavy atom. The molecule has 0 bridgehead atoms. The molecule has 1 atom stereocenters. The van der Waals surface area contributed by atoms with Crippen LogP contribution in [0.5, 0.6) is 0 Å². The highest BCUT2D eigenvalue weighted by Crippen LogP contribution is 2.28. The minimum atomic E-state index is 0.221. The van der Waals surface area contributed by atoms with E-state index in [9.17, 15) is 0 Å². The Morgan fingerprint density at radius 2 is 1.90 bits per heavy atom. The molecule has 2 aromatic carbocycles. The Morgan fingerprint density at radius 1 is 1.10 bits per heavy atom. The Bertz CT molecular complexity index is 766. The molecular weight excluding hydrogens is 321 g/mol. The van der Waals surface area contributed by atoms with Crippen LogP contribution in [0.4, 0.5) is 0 Å². The fraction of sp³-hybridized carbons (Fsp3) is 0.176. The van der Waals surface area contributed by atoms with Crippen LogP contribution in [0.15, 0.2) is 47.8 Å². The topological polar surface area (TPSA) is 12.0 Å². The highest BCUT2D eigenvalue weighted by Gasteiger charge is 2.09. The Balaban J connectivity index is 1.73. The summed E-state index contributed by atoms with van der Waals surface area (Å²) in [6.07, 6.45) is 0. The number of nitrogens with one attached hydrogen (secondary N) is 1. The highest BCUT2D eigenvalue weighted by atomic mass is 35.5. The molecule has 0 spiro atoms. The molecule has 1 nitrogen and oxygen atoms in total. The third kappa shape index (κ3) is 3.24. The zero-order chi connectivity index (χ0) is 14.8. The molecule has 0 aliphatic rings. The lowest BCUT2D eigenvalue weighted by molar-refractivity contribution is 0.577. The van der Waals surface area contributed by atoms with Crippen molar-refractivity contribution < 1.29 is 0 Å². The van der Waals surface area contributed by atoms with E-state index in [4.69, 9.17) is 23.2 Å². The van der Waals surface area contributed by atoms with Crippen LogP contribution in [-0.2, 0) is 6.54 Å². The second-order valence-electron chi connectivity index (χ2n) is 5.03.